The quantitative estimate of drug-likeness (QED) is 0.728. The Labute approximate surface area is 120 Å². The predicted octanol–water partition coefficient (Wildman–Crippen LogP) is 4.19. The first-order valence-electron chi connectivity index (χ1n) is 6.62. The second kappa shape index (κ2) is 5.70. The van der Waals surface area contributed by atoms with Crippen molar-refractivity contribution >= 4 is 17.1 Å². The molecule has 3 heteroatoms. The minimum Gasteiger partial charge on any atom is -0.399 e. The summed E-state index contributed by atoms with van der Waals surface area (Å²) in [4.78, 5) is 0. The van der Waals surface area contributed by atoms with Gasteiger partial charge in [0, 0.05) is 17.1 Å². The van der Waals surface area contributed by atoms with E-state index in [-0.39, 0.29) is 0 Å². The Hall–Kier alpha value is -2.42. The molecule has 0 heterocycles. The number of hydrogen-bond acceptors (Lipinski definition) is 3. The minimum atomic E-state index is 0.737. The first kappa shape index (κ1) is 14.0. The number of nitrogens with one attached hydrogen (secondary N) is 2. The van der Waals surface area contributed by atoms with E-state index in [0.717, 1.165) is 28.4 Å². The third-order valence-corrected chi connectivity index (χ3v) is 3.23. The van der Waals surface area contributed by atoms with Crippen molar-refractivity contribution in [3.8, 4) is 0 Å². The molecule has 0 saturated carbocycles. The fraction of sp³-hybridized carbons (Fsp3) is 0.176. The molecule has 0 saturated heterocycles. The Bertz CT molecular complexity index is 645. The molecule has 0 spiro atoms. The van der Waals surface area contributed by atoms with Crippen LogP contribution >= 0.6 is 0 Å². The molecule has 0 fully saturated rings. The molecule has 0 aliphatic rings. The molecular weight excluding hydrogens is 246 g/mol. The Balaban J connectivity index is 2.07. The molecule has 0 aromatic heterocycles. The Morgan fingerprint density at radius 3 is 2.35 bits per heavy atom. The van der Waals surface area contributed by atoms with E-state index in [1.54, 1.807) is 0 Å². The van der Waals surface area contributed by atoms with Gasteiger partial charge in [0.2, 0.25) is 0 Å². The third kappa shape index (κ3) is 3.32. The summed E-state index contributed by atoms with van der Waals surface area (Å²) in [6.45, 7) is 10.2. The molecule has 0 atom stereocenters. The highest BCUT2D eigenvalue weighted by Gasteiger charge is 2.02. The summed E-state index contributed by atoms with van der Waals surface area (Å²) in [5.74, 6) is 0.737. The molecule has 2 aromatic carbocycles. The number of aryl methyl sites for hydroxylation is 3. The highest BCUT2D eigenvalue weighted by molar-refractivity contribution is 5.62. The van der Waals surface area contributed by atoms with Crippen molar-refractivity contribution in [1.82, 2.24) is 0 Å². The largest absolute Gasteiger partial charge is 0.399 e. The van der Waals surface area contributed by atoms with E-state index in [1.807, 2.05) is 25.1 Å². The van der Waals surface area contributed by atoms with Gasteiger partial charge in [-0.2, -0.15) is 0 Å². The molecule has 0 unspecified atom stereocenters. The zero-order valence-electron chi connectivity index (χ0n) is 12.2. The highest BCUT2D eigenvalue weighted by Crippen LogP contribution is 2.20. The molecular formula is C17H21N3. The Kier molecular flexibility index (Phi) is 3.99. The van der Waals surface area contributed by atoms with E-state index in [2.05, 4.69) is 49.3 Å². The molecule has 0 aliphatic heterocycles. The van der Waals surface area contributed by atoms with Gasteiger partial charge in [-0.25, -0.2) is 0 Å². The molecule has 0 amide bonds. The first-order valence-corrected chi connectivity index (χ1v) is 6.62. The average molecular weight is 267 g/mol. The maximum absolute atomic E-state index is 5.81. The SMILES string of the molecule is C=C(Nc1ccc(N)c(C)c1)Nc1ccc(C)cc1C. The highest BCUT2D eigenvalue weighted by atomic mass is 15.1. The van der Waals surface area contributed by atoms with Crippen LogP contribution in [0.2, 0.25) is 0 Å². The molecule has 4 N–H and O–H groups in total. The molecule has 2 aromatic rings. The van der Waals surface area contributed by atoms with E-state index in [4.69, 9.17) is 5.73 Å². The maximum Gasteiger partial charge on any atom is 0.100 e. The van der Waals surface area contributed by atoms with Gasteiger partial charge in [0.25, 0.3) is 0 Å². The molecule has 0 radical (unpaired) electrons. The molecule has 0 aliphatic carbocycles. The normalized spacial score (nSPS) is 10.2. The van der Waals surface area contributed by atoms with Crippen LogP contribution in [0.4, 0.5) is 17.1 Å². The van der Waals surface area contributed by atoms with E-state index in [9.17, 15) is 0 Å². The molecule has 2 rings (SSSR count). The fourth-order valence-corrected chi connectivity index (χ4v) is 2.08. The summed E-state index contributed by atoms with van der Waals surface area (Å²) in [6, 6.07) is 12.1. The lowest BCUT2D eigenvalue weighted by atomic mass is 10.1. The molecule has 20 heavy (non-hydrogen) atoms. The lowest BCUT2D eigenvalue weighted by Gasteiger charge is -2.15. The van der Waals surface area contributed by atoms with Crippen molar-refractivity contribution < 1.29 is 0 Å². The number of nitrogen functional groups attached to an aromatic ring is 1. The number of benzene rings is 2. The number of rotatable bonds is 4. The van der Waals surface area contributed by atoms with Crippen LogP contribution in [-0.4, -0.2) is 0 Å². The van der Waals surface area contributed by atoms with Gasteiger partial charge in [0.15, 0.2) is 0 Å². The van der Waals surface area contributed by atoms with Gasteiger partial charge in [-0.05, 0) is 56.2 Å². The lowest BCUT2D eigenvalue weighted by Crippen LogP contribution is -2.09. The summed E-state index contributed by atoms with van der Waals surface area (Å²) < 4.78 is 0. The second-order valence-corrected chi connectivity index (χ2v) is 5.12. The summed E-state index contributed by atoms with van der Waals surface area (Å²) in [5.41, 5.74) is 12.1. The van der Waals surface area contributed by atoms with Crippen molar-refractivity contribution in [2.45, 2.75) is 20.8 Å². The topological polar surface area (TPSA) is 50.1 Å². The number of nitrogens with two attached hydrogens (primary N) is 1. The van der Waals surface area contributed by atoms with Gasteiger partial charge < -0.3 is 16.4 Å². The first-order chi connectivity index (χ1) is 9.45. The van der Waals surface area contributed by atoms with Crippen LogP contribution in [0, 0.1) is 20.8 Å². The van der Waals surface area contributed by atoms with Crippen LogP contribution in [0.1, 0.15) is 16.7 Å². The molecule has 0 bridgehead atoms. The van der Waals surface area contributed by atoms with Crippen LogP contribution in [-0.2, 0) is 0 Å². The van der Waals surface area contributed by atoms with Gasteiger partial charge in [0.1, 0.15) is 5.82 Å². The van der Waals surface area contributed by atoms with Crippen LogP contribution in [0.3, 0.4) is 0 Å². The van der Waals surface area contributed by atoms with Gasteiger partial charge >= 0.3 is 0 Å². The van der Waals surface area contributed by atoms with Crippen molar-refractivity contribution in [1.29, 1.82) is 0 Å². The predicted molar refractivity (Wildman–Crippen MR) is 87.9 cm³/mol. The number of anilines is 3. The average Bonchev–Trinajstić information content (AvgIpc) is 2.37. The van der Waals surface area contributed by atoms with Crippen LogP contribution in [0.15, 0.2) is 48.8 Å². The summed E-state index contributed by atoms with van der Waals surface area (Å²) in [7, 11) is 0. The molecule has 104 valence electrons. The Morgan fingerprint density at radius 2 is 1.70 bits per heavy atom. The lowest BCUT2D eigenvalue weighted by molar-refractivity contribution is 1.32. The monoisotopic (exact) mass is 267 g/mol. The Morgan fingerprint density at radius 1 is 0.950 bits per heavy atom. The van der Waals surface area contributed by atoms with Gasteiger partial charge in [-0.3, -0.25) is 0 Å². The summed E-state index contributed by atoms with van der Waals surface area (Å²) >= 11 is 0. The molecule has 3 nitrogen and oxygen atoms in total. The van der Waals surface area contributed by atoms with Gasteiger partial charge in [-0.15, -0.1) is 0 Å². The fourth-order valence-electron chi connectivity index (χ4n) is 2.08. The van der Waals surface area contributed by atoms with E-state index in [1.165, 1.54) is 11.1 Å². The summed E-state index contributed by atoms with van der Waals surface area (Å²) in [5, 5.41) is 6.52. The van der Waals surface area contributed by atoms with Crippen molar-refractivity contribution in [2.24, 2.45) is 0 Å². The number of hydrogen-bond donors (Lipinski definition) is 3. The zero-order chi connectivity index (χ0) is 14.7. The summed E-state index contributed by atoms with van der Waals surface area (Å²) in [6.07, 6.45) is 0. The van der Waals surface area contributed by atoms with E-state index in [0.29, 0.717) is 0 Å². The zero-order valence-corrected chi connectivity index (χ0v) is 12.2. The van der Waals surface area contributed by atoms with E-state index >= 15 is 0 Å². The van der Waals surface area contributed by atoms with E-state index < -0.39 is 0 Å². The van der Waals surface area contributed by atoms with Crippen LogP contribution in [0.5, 0.6) is 0 Å². The van der Waals surface area contributed by atoms with Crippen LogP contribution < -0.4 is 16.4 Å². The second-order valence-electron chi connectivity index (χ2n) is 5.12. The van der Waals surface area contributed by atoms with Crippen LogP contribution in [0.25, 0.3) is 0 Å². The minimum absolute atomic E-state index is 0.737. The van der Waals surface area contributed by atoms with Gasteiger partial charge in [-0.1, -0.05) is 24.3 Å². The third-order valence-electron chi connectivity index (χ3n) is 3.23. The van der Waals surface area contributed by atoms with Gasteiger partial charge in [0.05, 0.1) is 0 Å². The maximum atomic E-state index is 5.81. The van der Waals surface area contributed by atoms with Crippen molar-refractivity contribution in [2.75, 3.05) is 16.4 Å². The van der Waals surface area contributed by atoms with Crippen molar-refractivity contribution in [3.05, 3.63) is 65.5 Å². The standard InChI is InChI=1S/C17H21N3/c1-11-5-8-17(13(3)9-11)20-14(4)19-15-6-7-16(18)12(2)10-15/h5-10,19-20H,4,18H2,1-3H3. The smallest absolute Gasteiger partial charge is 0.100 e. The van der Waals surface area contributed by atoms with Crippen molar-refractivity contribution in [3.63, 3.8) is 0 Å².